The fourth-order valence-electron chi connectivity index (χ4n) is 6.54. The number of hydrogen-bond donors (Lipinski definition) is 3. The normalized spacial score (nSPS) is 26.8. The molecule has 1 amide bonds. The van der Waals surface area contributed by atoms with E-state index in [2.05, 4.69) is 44.0 Å². The number of piperidine rings is 1. The number of alkyl halides is 3. The molecule has 0 aromatic carbocycles. The van der Waals surface area contributed by atoms with Gasteiger partial charge in [0.25, 0.3) is 0 Å². The molecule has 15 heteroatoms. The van der Waals surface area contributed by atoms with Crippen LogP contribution in [0.5, 0.6) is 0 Å². The molecule has 0 aliphatic carbocycles. The maximum absolute atomic E-state index is 13.2. The Morgan fingerprint density at radius 2 is 1.93 bits per heavy atom. The van der Waals surface area contributed by atoms with Gasteiger partial charge in [0.05, 0.1) is 36.2 Å². The topological polar surface area (TPSA) is 109 Å². The van der Waals surface area contributed by atoms with E-state index >= 15 is 0 Å². The van der Waals surface area contributed by atoms with Gasteiger partial charge in [0.2, 0.25) is 5.91 Å². The fourth-order valence-corrected chi connectivity index (χ4v) is 6.54. The molecule has 0 bridgehead atoms. The second-order valence-corrected chi connectivity index (χ2v) is 11.9. The zero-order valence-electron chi connectivity index (χ0n) is 23.8. The van der Waals surface area contributed by atoms with Crippen molar-refractivity contribution in [2.45, 2.75) is 37.3 Å². The molecule has 228 valence electrons. The summed E-state index contributed by atoms with van der Waals surface area (Å²) in [5.41, 5.74) is 7.91. The van der Waals surface area contributed by atoms with Gasteiger partial charge in [-0.05, 0) is 45.1 Å². The minimum absolute atomic E-state index is 0.0754. The van der Waals surface area contributed by atoms with Crippen LogP contribution in [0.25, 0.3) is 0 Å². The molecule has 6 rings (SSSR count). The van der Waals surface area contributed by atoms with Crippen molar-refractivity contribution in [3.05, 3.63) is 35.9 Å². The molecule has 0 radical (unpaired) electrons. The zero-order chi connectivity index (χ0) is 29.5. The number of rotatable bonds is 7. The lowest BCUT2D eigenvalue weighted by Gasteiger charge is -2.58. The van der Waals surface area contributed by atoms with E-state index in [1.807, 2.05) is 34.5 Å². The highest BCUT2D eigenvalue weighted by Gasteiger charge is 2.52. The van der Waals surface area contributed by atoms with Gasteiger partial charge in [-0.3, -0.25) is 14.7 Å². The number of nitrogens with zero attached hydrogens (tertiary/aromatic N) is 8. The first-order valence-electron chi connectivity index (χ1n) is 14.5. The number of amidine groups is 1. The van der Waals surface area contributed by atoms with Crippen molar-refractivity contribution in [3.63, 3.8) is 0 Å². The number of aliphatic imine (C=N–C) groups is 1. The molecule has 1 unspecified atom stereocenters. The second kappa shape index (κ2) is 11.4. The molecule has 0 aromatic rings. The molecule has 42 heavy (non-hydrogen) atoms. The second-order valence-electron chi connectivity index (χ2n) is 11.9. The van der Waals surface area contributed by atoms with E-state index in [0.29, 0.717) is 32.7 Å². The first kappa shape index (κ1) is 28.8. The number of halogens is 3. The van der Waals surface area contributed by atoms with Gasteiger partial charge in [-0.15, -0.1) is 0 Å². The Balaban J connectivity index is 1.04. The average Bonchev–Trinajstić information content (AvgIpc) is 3.56. The Morgan fingerprint density at radius 1 is 1.19 bits per heavy atom. The van der Waals surface area contributed by atoms with Gasteiger partial charge in [0.15, 0.2) is 12.1 Å². The lowest BCUT2D eigenvalue weighted by molar-refractivity contribution is -0.191. The third-order valence-corrected chi connectivity index (χ3v) is 9.08. The van der Waals surface area contributed by atoms with Crippen LogP contribution in [0.4, 0.5) is 13.2 Å². The maximum atomic E-state index is 13.2. The summed E-state index contributed by atoms with van der Waals surface area (Å²) in [6, 6.07) is 2.27. The fraction of sp³-hybridized carbons (Fsp3) is 0.667. The third kappa shape index (κ3) is 5.81. The molecule has 6 heterocycles. The summed E-state index contributed by atoms with van der Waals surface area (Å²) in [5.74, 6) is -0.428. The molecular formula is C27H38F3N11O. The first-order chi connectivity index (χ1) is 20.1. The van der Waals surface area contributed by atoms with Crippen LogP contribution in [-0.2, 0) is 4.79 Å². The number of likely N-dealkylation sites (N-methyl/N-ethyl adjacent to an activating group) is 1. The first-order valence-corrected chi connectivity index (χ1v) is 14.5. The number of carbonyl (C=O) groups is 1. The summed E-state index contributed by atoms with van der Waals surface area (Å²) >= 11 is 0. The summed E-state index contributed by atoms with van der Waals surface area (Å²) in [6.45, 7) is 5.88. The van der Waals surface area contributed by atoms with Gasteiger partial charge in [0.1, 0.15) is 6.54 Å². The van der Waals surface area contributed by atoms with Gasteiger partial charge >= 0.3 is 6.18 Å². The van der Waals surface area contributed by atoms with Crippen molar-refractivity contribution < 1.29 is 18.0 Å². The Labute approximate surface area is 243 Å². The van der Waals surface area contributed by atoms with Crippen LogP contribution >= 0.6 is 0 Å². The number of piperazine rings is 1. The molecule has 6 aliphatic heterocycles. The van der Waals surface area contributed by atoms with Crippen molar-refractivity contribution in [1.82, 2.24) is 45.8 Å². The van der Waals surface area contributed by atoms with Crippen LogP contribution < -0.4 is 16.2 Å². The van der Waals surface area contributed by atoms with Crippen LogP contribution in [0.2, 0.25) is 0 Å². The number of fused-ring (bicyclic) bond motifs is 1. The molecule has 0 saturated carbocycles. The van der Waals surface area contributed by atoms with E-state index in [9.17, 15) is 23.2 Å². The molecule has 1 atom stereocenters. The minimum atomic E-state index is -4.16. The highest BCUT2D eigenvalue weighted by Crippen LogP contribution is 2.41. The van der Waals surface area contributed by atoms with Crippen LogP contribution in [-0.4, -0.2) is 132 Å². The molecule has 3 fully saturated rings. The van der Waals surface area contributed by atoms with Crippen LogP contribution in [0.15, 0.2) is 40.9 Å². The largest absolute Gasteiger partial charge is 0.391 e. The summed E-state index contributed by atoms with van der Waals surface area (Å²) in [7, 11) is 2.06. The van der Waals surface area contributed by atoms with Gasteiger partial charge in [-0.2, -0.15) is 23.9 Å². The quantitative estimate of drug-likeness (QED) is 0.380. The SMILES string of the molecule is CN1CCN(C(=O)CN2C=C(NC3N=C4C(N5CC(CC#N)(N6CCC(C(F)(F)F)CC6)C5)=CC=CN4N3)CN2)CC1. The van der Waals surface area contributed by atoms with Gasteiger partial charge in [-0.1, -0.05) is 0 Å². The molecule has 3 N–H and O–H groups in total. The third-order valence-electron chi connectivity index (χ3n) is 9.08. The lowest BCUT2D eigenvalue weighted by atomic mass is 9.81. The van der Waals surface area contributed by atoms with Crippen LogP contribution in [0, 0.1) is 17.2 Å². The Morgan fingerprint density at radius 3 is 2.62 bits per heavy atom. The summed E-state index contributed by atoms with van der Waals surface area (Å²) in [5, 5.41) is 16.6. The van der Waals surface area contributed by atoms with Crippen molar-refractivity contribution in [3.8, 4) is 6.07 Å². The molecule has 0 spiro atoms. The number of nitriles is 1. The highest BCUT2D eigenvalue weighted by molar-refractivity contribution is 6.00. The monoisotopic (exact) mass is 589 g/mol. The molecule has 0 aromatic heterocycles. The molecular weight excluding hydrogens is 551 g/mol. The van der Waals surface area contributed by atoms with E-state index in [-0.39, 0.29) is 31.7 Å². The van der Waals surface area contributed by atoms with E-state index in [4.69, 9.17) is 4.99 Å². The highest BCUT2D eigenvalue weighted by atomic mass is 19.4. The molecule has 12 nitrogen and oxygen atoms in total. The Kier molecular flexibility index (Phi) is 7.81. The maximum Gasteiger partial charge on any atom is 0.391 e. The zero-order valence-corrected chi connectivity index (χ0v) is 23.8. The number of nitrogens with one attached hydrogen (secondary N) is 3. The van der Waals surface area contributed by atoms with Crippen molar-refractivity contribution >= 4 is 11.7 Å². The van der Waals surface area contributed by atoms with E-state index in [1.54, 1.807) is 5.01 Å². The summed E-state index contributed by atoms with van der Waals surface area (Å²) in [6.07, 6.45) is 3.53. The number of allylic oxidation sites excluding steroid dienone is 2. The van der Waals surface area contributed by atoms with Crippen molar-refractivity contribution in [2.24, 2.45) is 10.9 Å². The number of hydrazine groups is 2. The van der Waals surface area contributed by atoms with Gasteiger partial charge in [-0.25, -0.2) is 10.4 Å². The Bertz CT molecular complexity index is 1200. The lowest BCUT2D eigenvalue weighted by Crippen LogP contribution is -2.71. The number of amides is 1. The summed E-state index contributed by atoms with van der Waals surface area (Å²) in [4.78, 5) is 25.9. The smallest absolute Gasteiger partial charge is 0.365 e. The van der Waals surface area contributed by atoms with Crippen LogP contribution in [0.3, 0.4) is 0 Å². The van der Waals surface area contributed by atoms with E-state index < -0.39 is 23.9 Å². The standard InChI is InChI=1S/C27H38F3N11O/c1-36-11-13-37(14-12-36)23(42)17-40-16-21(15-32-40)33-25-34-24-22(3-2-8-41(24)35-25)38-18-26(19-38,6-7-31)39-9-4-20(5-10-39)27(28,29)30/h2-3,8,16,20,25,32-33,35H,4-6,9-15,17-19H2,1H3. The predicted molar refractivity (Wildman–Crippen MR) is 148 cm³/mol. The molecule has 6 aliphatic rings. The van der Waals surface area contributed by atoms with Gasteiger partial charge < -0.3 is 25.0 Å². The molecule has 3 saturated heterocycles. The number of hydrogen-bond acceptors (Lipinski definition) is 11. The number of likely N-dealkylation sites (tertiary alicyclic amines) is 2. The van der Waals surface area contributed by atoms with Gasteiger partial charge in [0, 0.05) is 57.4 Å². The number of carbonyl (C=O) groups excluding carboxylic acids is 1. The van der Waals surface area contributed by atoms with Crippen LogP contribution in [0.1, 0.15) is 19.3 Å². The Hall–Kier alpha value is -3.32. The van der Waals surface area contributed by atoms with E-state index in [0.717, 1.165) is 43.4 Å². The van der Waals surface area contributed by atoms with Crippen molar-refractivity contribution in [1.29, 1.82) is 5.26 Å². The van der Waals surface area contributed by atoms with E-state index in [1.165, 1.54) is 0 Å². The minimum Gasteiger partial charge on any atom is -0.365 e. The predicted octanol–water partition coefficient (Wildman–Crippen LogP) is 0.167. The van der Waals surface area contributed by atoms with Crippen molar-refractivity contribution in [2.75, 3.05) is 72.5 Å². The summed E-state index contributed by atoms with van der Waals surface area (Å²) < 4.78 is 39.6. The average molecular weight is 590 g/mol.